The highest BCUT2D eigenvalue weighted by Gasteiger charge is 2.32. The molecule has 5 rings (SSSR count). The van der Waals surface area contributed by atoms with Crippen molar-refractivity contribution in [1.82, 2.24) is 25.1 Å². The number of hydrogen-bond donors (Lipinski definition) is 0. The number of aromatic nitrogens is 4. The molecule has 0 amide bonds. The number of rotatable bonds is 8. The minimum absolute atomic E-state index is 0.103. The molecular weight excluding hydrogens is 432 g/mol. The molecule has 0 spiro atoms. The van der Waals surface area contributed by atoms with E-state index in [9.17, 15) is 0 Å². The Balaban J connectivity index is 1.44. The zero-order valence-electron chi connectivity index (χ0n) is 19.8. The van der Waals surface area contributed by atoms with Crippen molar-refractivity contribution in [2.45, 2.75) is 31.5 Å². The van der Waals surface area contributed by atoms with Gasteiger partial charge in [-0.15, -0.1) is 5.10 Å². The number of ether oxygens (including phenoxy) is 3. The van der Waals surface area contributed by atoms with Gasteiger partial charge in [-0.05, 0) is 53.1 Å². The first kappa shape index (κ1) is 22.6. The number of hydrogen-bond acceptors (Lipinski definition) is 8. The lowest BCUT2D eigenvalue weighted by Crippen LogP contribution is -2.48. The van der Waals surface area contributed by atoms with Gasteiger partial charge < -0.3 is 19.1 Å². The van der Waals surface area contributed by atoms with E-state index in [1.54, 1.807) is 14.2 Å². The summed E-state index contributed by atoms with van der Waals surface area (Å²) in [6.07, 6.45) is 2.28. The first-order chi connectivity index (χ1) is 16.8. The van der Waals surface area contributed by atoms with Crippen LogP contribution in [0, 0.1) is 0 Å². The van der Waals surface area contributed by atoms with Gasteiger partial charge in [-0.25, -0.2) is 4.68 Å². The van der Waals surface area contributed by atoms with Gasteiger partial charge in [0.1, 0.15) is 0 Å². The number of anilines is 1. The van der Waals surface area contributed by atoms with E-state index in [4.69, 9.17) is 14.2 Å². The zero-order valence-corrected chi connectivity index (χ0v) is 19.8. The molecule has 2 aliphatic heterocycles. The molecule has 0 saturated carbocycles. The Morgan fingerprint density at radius 3 is 2.50 bits per heavy atom. The number of methoxy groups -OCH3 is 2. The number of para-hydroxylation sites is 1. The number of piperazine rings is 1. The summed E-state index contributed by atoms with van der Waals surface area (Å²) in [4.78, 5) is 4.88. The van der Waals surface area contributed by atoms with Gasteiger partial charge in [-0.2, -0.15) is 0 Å². The lowest BCUT2D eigenvalue weighted by Gasteiger charge is -2.40. The van der Waals surface area contributed by atoms with Gasteiger partial charge in [0.25, 0.3) is 0 Å². The van der Waals surface area contributed by atoms with Crippen molar-refractivity contribution in [1.29, 1.82) is 0 Å². The largest absolute Gasteiger partial charge is 0.493 e. The molecule has 0 radical (unpaired) electrons. The van der Waals surface area contributed by atoms with Gasteiger partial charge in [0.2, 0.25) is 0 Å². The standard InChI is InChI=1S/C25H32N6O3/c1-32-22-11-10-19(17-23(22)33-2)24(25-26-27-28-31(25)18-21-9-6-16-34-21)30-14-12-29(13-15-30)20-7-4-3-5-8-20/h3-5,7-8,10-11,17,21,24H,6,9,12-16,18H2,1-2H3. The summed E-state index contributed by atoms with van der Waals surface area (Å²) in [6, 6.07) is 16.6. The molecule has 2 fully saturated rings. The van der Waals surface area contributed by atoms with E-state index in [2.05, 4.69) is 61.7 Å². The summed E-state index contributed by atoms with van der Waals surface area (Å²) in [5, 5.41) is 12.9. The number of nitrogens with zero attached hydrogens (tertiary/aromatic N) is 6. The summed E-state index contributed by atoms with van der Waals surface area (Å²) in [5.41, 5.74) is 2.34. The van der Waals surface area contributed by atoms with Crippen LogP contribution in [0.3, 0.4) is 0 Å². The predicted octanol–water partition coefficient (Wildman–Crippen LogP) is 2.78. The predicted molar refractivity (Wildman–Crippen MR) is 128 cm³/mol. The van der Waals surface area contributed by atoms with Crippen LogP contribution in [0.2, 0.25) is 0 Å². The number of benzene rings is 2. The fourth-order valence-electron chi connectivity index (χ4n) is 4.94. The molecule has 1 aromatic heterocycles. The zero-order chi connectivity index (χ0) is 23.3. The van der Waals surface area contributed by atoms with Crippen molar-refractivity contribution in [2.24, 2.45) is 0 Å². The Labute approximate surface area is 200 Å². The Bertz CT molecular complexity index is 1060. The van der Waals surface area contributed by atoms with Gasteiger partial charge in [-0.3, -0.25) is 4.90 Å². The minimum Gasteiger partial charge on any atom is -0.493 e. The molecule has 2 atom stereocenters. The van der Waals surface area contributed by atoms with Crippen molar-refractivity contribution in [2.75, 3.05) is 51.9 Å². The average Bonchev–Trinajstić information content (AvgIpc) is 3.58. The minimum atomic E-state index is -0.103. The fraction of sp³-hybridized carbons (Fsp3) is 0.480. The van der Waals surface area contributed by atoms with Crippen molar-refractivity contribution >= 4 is 5.69 Å². The van der Waals surface area contributed by atoms with Crippen molar-refractivity contribution in [3.05, 3.63) is 59.9 Å². The molecule has 0 bridgehead atoms. The Kier molecular flexibility index (Phi) is 6.92. The van der Waals surface area contributed by atoms with Crippen molar-refractivity contribution in [3.63, 3.8) is 0 Å². The van der Waals surface area contributed by atoms with E-state index in [-0.39, 0.29) is 12.1 Å². The average molecular weight is 465 g/mol. The quantitative estimate of drug-likeness (QED) is 0.504. The van der Waals surface area contributed by atoms with E-state index in [0.29, 0.717) is 18.0 Å². The smallest absolute Gasteiger partial charge is 0.173 e. The normalized spacial score (nSPS) is 19.8. The van der Waals surface area contributed by atoms with Crippen LogP contribution in [0.4, 0.5) is 5.69 Å². The van der Waals surface area contributed by atoms with E-state index in [1.807, 2.05) is 16.8 Å². The van der Waals surface area contributed by atoms with Gasteiger partial charge in [0.15, 0.2) is 17.3 Å². The summed E-state index contributed by atoms with van der Waals surface area (Å²) in [5.74, 6) is 2.24. The fourth-order valence-corrected chi connectivity index (χ4v) is 4.94. The first-order valence-electron chi connectivity index (χ1n) is 11.9. The van der Waals surface area contributed by atoms with Crippen LogP contribution in [0.5, 0.6) is 11.5 Å². The van der Waals surface area contributed by atoms with Crippen LogP contribution in [-0.2, 0) is 11.3 Å². The van der Waals surface area contributed by atoms with E-state index in [1.165, 1.54) is 5.69 Å². The lowest BCUT2D eigenvalue weighted by atomic mass is 10.0. The molecule has 3 aromatic rings. The maximum absolute atomic E-state index is 5.87. The second-order valence-electron chi connectivity index (χ2n) is 8.73. The van der Waals surface area contributed by atoms with Crippen LogP contribution in [0.25, 0.3) is 0 Å². The lowest BCUT2D eigenvalue weighted by molar-refractivity contribution is 0.0906. The molecule has 9 nitrogen and oxygen atoms in total. The molecule has 2 aromatic carbocycles. The highest BCUT2D eigenvalue weighted by atomic mass is 16.5. The first-order valence-corrected chi connectivity index (χ1v) is 11.9. The van der Waals surface area contributed by atoms with Crippen LogP contribution >= 0.6 is 0 Å². The van der Waals surface area contributed by atoms with Crippen LogP contribution in [0.1, 0.15) is 30.3 Å². The van der Waals surface area contributed by atoms with Crippen molar-refractivity contribution in [3.8, 4) is 11.5 Å². The Hall–Kier alpha value is -3.17. The van der Waals surface area contributed by atoms with E-state index in [0.717, 1.165) is 57.0 Å². The monoisotopic (exact) mass is 464 g/mol. The Morgan fingerprint density at radius 2 is 1.79 bits per heavy atom. The van der Waals surface area contributed by atoms with Crippen LogP contribution in [-0.4, -0.2) is 78.2 Å². The van der Waals surface area contributed by atoms with Crippen LogP contribution in [0.15, 0.2) is 48.5 Å². The molecule has 9 heteroatoms. The van der Waals surface area contributed by atoms with Gasteiger partial charge in [0.05, 0.1) is 32.9 Å². The molecule has 34 heavy (non-hydrogen) atoms. The molecule has 180 valence electrons. The van der Waals surface area contributed by atoms with Gasteiger partial charge in [0, 0.05) is 38.5 Å². The highest BCUT2D eigenvalue weighted by Crippen LogP contribution is 2.35. The Morgan fingerprint density at radius 1 is 1.00 bits per heavy atom. The molecule has 2 aliphatic rings. The summed E-state index contributed by atoms with van der Waals surface area (Å²) >= 11 is 0. The van der Waals surface area contributed by atoms with E-state index < -0.39 is 0 Å². The molecule has 3 heterocycles. The molecule has 2 unspecified atom stereocenters. The van der Waals surface area contributed by atoms with Gasteiger partial charge in [-0.1, -0.05) is 24.3 Å². The van der Waals surface area contributed by atoms with Crippen LogP contribution < -0.4 is 14.4 Å². The number of tetrazole rings is 1. The second-order valence-corrected chi connectivity index (χ2v) is 8.73. The maximum Gasteiger partial charge on any atom is 0.173 e. The summed E-state index contributed by atoms with van der Waals surface area (Å²) in [7, 11) is 3.32. The summed E-state index contributed by atoms with van der Waals surface area (Å²) in [6.45, 7) is 5.11. The summed E-state index contributed by atoms with van der Waals surface area (Å²) < 4.78 is 18.9. The van der Waals surface area contributed by atoms with E-state index >= 15 is 0 Å². The molecule has 0 aliphatic carbocycles. The third-order valence-electron chi connectivity index (χ3n) is 6.73. The third-order valence-corrected chi connectivity index (χ3v) is 6.73. The molecular formula is C25H32N6O3. The maximum atomic E-state index is 5.87. The topological polar surface area (TPSA) is 77.8 Å². The van der Waals surface area contributed by atoms with Gasteiger partial charge >= 0.3 is 0 Å². The SMILES string of the molecule is COc1ccc(C(c2nnnn2CC2CCCO2)N2CCN(c3ccccc3)CC2)cc1OC. The molecule has 2 saturated heterocycles. The third kappa shape index (κ3) is 4.71. The van der Waals surface area contributed by atoms with Crippen molar-refractivity contribution < 1.29 is 14.2 Å². The highest BCUT2D eigenvalue weighted by molar-refractivity contribution is 5.47. The second kappa shape index (κ2) is 10.4. The molecule has 0 N–H and O–H groups in total.